The highest BCUT2D eigenvalue weighted by Gasteiger charge is 2.25. The van der Waals surface area contributed by atoms with E-state index in [0.29, 0.717) is 29.6 Å². The van der Waals surface area contributed by atoms with Crippen LogP contribution in [0.1, 0.15) is 22.8 Å². The van der Waals surface area contributed by atoms with Crippen LogP contribution in [0.3, 0.4) is 0 Å². The molecule has 1 aromatic carbocycles. The molecule has 0 bridgehead atoms. The van der Waals surface area contributed by atoms with E-state index in [4.69, 9.17) is 20.8 Å². The zero-order valence-corrected chi connectivity index (χ0v) is 17.7. The van der Waals surface area contributed by atoms with Gasteiger partial charge in [0.05, 0.1) is 24.2 Å². The van der Waals surface area contributed by atoms with Gasteiger partial charge in [0.15, 0.2) is 11.6 Å². The van der Waals surface area contributed by atoms with E-state index in [1.807, 2.05) is 39.5 Å². The van der Waals surface area contributed by atoms with Crippen molar-refractivity contribution >= 4 is 22.7 Å². The molecule has 4 aromatic heterocycles. The minimum absolute atomic E-state index is 0.342. The summed E-state index contributed by atoms with van der Waals surface area (Å²) in [5.41, 5.74) is 4.76. The number of benzene rings is 1. The monoisotopic (exact) mass is 442 g/mol. The minimum atomic E-state index is 0.342. The van der Waals surface area contributed by atoms with Gasteiger partial charge >= 0.3 is 0 Å². The Bertz CT molecular complexity index is 1550. The van der Waals surface area contributed by atoms with E-state index < -0.39 is 0 Å². The molecule has 6 rings (SSSR count). The minimum Gasteiger partial charge on any atom is -0.446 e. The van der Waals surface area contributed by atoms with Crippen LogP contribution in [0.25, 0.3) is 28.2 Å². The summed E-state index contributed by atoms with van der Waals surface area (Å²) in [7, 11) is 1.63. The van der Waals surface area contributed by atoms with E-state index in [-0.39, 0.29) is 0 Å². The lowest BCUT2D eigenvalue weighted by Gasteiger charge is -2.08. The normalized spacial score (nSPS) is 11.9. The molecular formula is C23H15ClN6O2. The maximum atomic E-state index is 6.31. The Morgan fingerprint density at radius 2 is 2.09 bits per heavy atom. The van der Waals surface area contributed by atoms with Gasteiger partial charge in [-0.3, -0.25) is 4.57 Å². The van der Waals surface area contributed by atoms with Crippen molar-refractivity contribution in [3.05, 3.63) is 76.9 Å². The molecule has 32 heavy (non-hydrogen) atoms. The van der Waals surface area contributed by atoms with Crippen LogP contribution in [-0.4, -0.2) is 36.4 Å². The van der Waals surface area contributed by atoms with Gasteiger partial charge in [0.2, 0.25) is 5.71 Å². The molecule has 8 nitrogen and oxygen atoms in total. The second-order valence-corrected chi connectivity index (χ2v) is 7.76. The summed E-state index contributed by atoms with van der Waals surface area (Å²) in [6.45, 7) is 0.838. The quantitative estimate of drug-likeness (QED) is 0.379. The third kappa shape index (κ3) is 2.99. The fourth-order valence-corrected chi connectivity index (χ4v) is 4.05. The van der Waals surface area contributed by atoms with Gasteiger partial charge in [0.1, 0.15) is 18.6 Å². The summed E-state index contributed by atoms with van der Waals surface area (Å²) >= 11 is 6.31. The molecule has 0 spiro atoms. The highest BCUT2D eigenvalue weighted by Crippen LogP contribution is 2.34. The number of nitrogens with zero attached hydrogens (tertiary/aromatic N) is 6. The molecule has 0 amide bonds. The molecule has 0 saturated heterocycles. The summed E-state index contributed by atoms with van der Waals surface area (Å²) in [6.07, 6.45) is 5.08. The first-order chi connectivity index (χ1) is 15.7. The average molecular weight is 443 g/mol. The molecule has 1 aliphatic heterocycles. The topological polar surface area (TPSA) is 83.8 Å². The molecule has 0 radical (unpaired) electrons. The van der Waals surface area contributed by atoms with E-state index >= 15 is 0 Å². The van der Waals surface area contributed by atoms with Crippen molar-refractivity contribution < 1.29 is 9.15 Å². The Hall–Kier alpha value is -3.93. The summed E-state index contributed by atoms with van der Waals surface area (Å²) in [5.74, 6) is 7.83. The van der Waals surface area contributed by atoms with Crippen LogP contribution in [0.15, 0.2) is 53.5 Å². The van der Waals surface area contributed by atoms with Crippen LogP contribution in [0, 0.1) is 11.8 Å². The van der Waals surface area contributed by atoms with Crippen molar-refractivity contribution in [2.24, 2.45) is 0 Å². The molecular weight excluding hydrogens is 428 g/mol. The fraction of sp³-hybridized carbons (Fsp3) is 0.130. The second kappa shape index (κ2) is 7.34. The van der Waals surface area contributed by atoms with Gasteiger partial charge in [-0.2, -0.15) is 0 Å². The first-order valence-electron chi connectivity index (χ1n) is 9.84. The molecule has 0 aliphatic carbocycles. The number of imidazole rings is 1. The van der Waals surface area contributed by atoms with Crippen LogP contribution < -0.4 is 0 Å². The summed E-state index contributed by atoms with van der Waals surface area (Å²) in [4.78, 5) is 8.89. The third-order valence-corrected chi connectivity index (χ3v) is 5.60. The number of hydrogen-bond acceptors (Lipinski definition) is 6. The van der Waals surface area contributed by atoms with E-state index in [9.17, 15) is 0 Å². The Labute approximate surface area is 187 Å². The van der Waals surface area contributed by atoms with Crippen molar-refractivity contribution in [1.29, 1.82) is 0 Å². The van der Waals surface area contributed by atoms with Gasteiger partial charge in [-0.05, 0) is 36.3 Å². The van der Waals surface area contributed by atoms with Crippen molar-refractivity contribution in [1.82, 2.24) is 29.3 Å². The standard InChI is InChI=1S/C23H15ClN6O2/c1-31-12-21-27-28-22-17-9-16(24)3-5-19(17)30-13-26-18(20(30)11-29(21)22)4-2-14-8-15-6-7-32-23(15)25-10-14/h3,5-10,13H,11-12H2,1H3. The van der Waals surface area contributed by atoms with E-state index in [2.05, 4.69) is 32.0 Å². The lowest BCUT2D eigenvalue weighted by atomic mass is 10.1. The predicted molar refractivity (Wildman–Crippen MR) is 117 cm³/mol. The highest BCUT2D eigenvalue weighted by molar-refractivity contribution is 6.31. The molecule has 5 aromatic rings. The van der Waals surface area contributed by atoms with Crippen LogP contribution >= 0.6 is 11.6 Å². The largest absolute Gasteiger partial charge is 0.446 e. The Kier molecular flexibility index (Phi) is 4.31. The smallest absolute Gasteiger partial charge is 0.225 e. The first kappa shape index (κ1) is 18.8. The number of halogens is 1. The van der Waals surface area contributed by atoms with Crippen LogP contribution in [0.5, 0.6) is 0 Å². The van der Waals surface area contributed by atoms with Crippen molar-refractivity contribution in [3.63, 3.8) is 0 Å². The number of hydrogen-bond donors (Lipinski definition) is 0. The number of fused-ring (bicyclic) bond motifs is 6. The van der Waals surface area contributed by atoms with Gasteiger partial charge in [-0.15, -0.1) is 10.2 Å². The number of furan rings is 1. The molecule has 156 valence electrons. The summed E-state index contributed by atoms with van der Waals surface area (Å²) < 4.78 is 14.7. The average Bonchev–Trinajstić information content (AvgIpc) is 3.50. The highest BCUT2D eigenvalue weighted by atomic mass is 35.5. The maximum absolute atomic E-state index is 6.31. The molecule has 0 saturated carbocycles. The third-order valence-electron chi connectivity index (χ3n) is 5.37. The van der Waals surface area contributed by atoms with Gasteiger partial charge in [0, 0.05) is 34.8 Å². The zero-order valence-electron chi connectivity index (χ0n) is 16.9. The molecule has 1 aliphatic rings. The number of pyridine rings is 1. The van der Waals surface area contributed by atoms with Gasteiger partial charge in [-0.25, -0.2) is 9.97 Å². The Morgan fingerprint density at radius 3 is 3.00 bits per heavy atom. The number of methoxy groups -OCH3 is 1. The molecule has 0 atom stereocenters. The molecule has 0 fully saturated rings. The van der Waals surface area contributed by atoms with E-state index in [0.717, 1.165) is 39.5 Å². The molecule has 0 unspecified atom stereocenters. The fourth-order valence-electron chi connectivity index (χ4n) is 3.88. The number of ether oxygens (including phenoxy) is 1. The van der Waals surface area contributed by atoms with E-state index in [1.165, 1.54) is 0 Å². The lowest BCUT2D eigenvalue weighted by Crippen LogP contribution is -2.09. The van der Waals surface area contributed by atoms with Crippen molar-refractivity contribution in [2.75, 3.05) is 7.11 Å². The van der Waals surface area contributed by atoms with Crippen LogP contribution in [-0.2, 0) is 17.9 Å². The zero-order chi connectivity index (χ0) is 21.7. The van der Waals surface area contributed by atoms with Gasteiger partial charge in [0.25, 0.3) is 0 Å². The SMILES string of the molecule is COCc1nnc2n1Cc1c(C#Cc3cnc4occc4c3)ncn1-c1ccc(Cl)cc1-2. The molecule has 9 heteroatoms. The van der Waals surface area contributed by atoms with Crippen molar-refractivity contribution in [2.45, 2.75) is 13.2 Å². The molecule has 5 heterocycles. The summed E-state index contributed by atoms with van der Waals surface area (Å²) in [6, 6.07) is 9.50. The Balaban J connectivity index is 1.50. The van der Waals surface area contributed by atoms with Gasteiger partial charge in [-0.1, -0.05) is 17.5 Å². The van der Waals surface area contributed by atoms with Gasteiger partial charge < -0.3 is 13.7 Å². The Morgan fingerprint density at radius 1 is 1.16 bits per heavy atom. The second-order valence-electron chi connectivity index (χ2n) is 7.32. The number of rotatable bonds is 2. The lowest BCUT2D eigenvalue weighted by molar-refractivity contribution is 0.174. The predicted octanol–water partition coefficient (Wildman–Crippen LogP) is 3.83. The van der Waals surface area contributed by atoms with Crippen LogP contribution in [0.4, 0.5) is 0 Å². The first-order valence-corrected chi connectivity index (χ1v) is 10.2. The van der Waals surface area contributed by atoms with E-state index in [1.54, 1.807) is 25.9 Å². The molecule has 0 N–H and O–H groups in total. The van der Waals surface area contributed by atoms with Crippen LogP contribution in [0.2, 0.25) is 5.02 Å². The number of aromatic nitrogens is 6. The van der Waals surface area contributed by atoms with Crippen molar-refractivity contribution in [3.8, 4) is 28.9 Å². The maximum Gasteiger partial charge on any atom is 0.225 e. The summed E-state index contributed by atoms with van der Waals surface area (Å²) in [5, 5.41) is 10.3.